The standard InChI is InChI=1S/C13H17F3N2O2S/c1-8-7-21-12(20)18(8)6-11(19)17-10-4-2-3-9(5-10)13(14,15)16/h7,9-10H,2-6H2,1H3,(H,17,19). The maximum Gasteiger partial charge on any atom is 0.391 e. The van der Waals surface area contributed by atoms with Gasteiger partial charge in [0.15, 0.2) is 0 Å². The van der Waals surface area contributed by atoms with Gasteiger partial charge in [0.25, 0.3) is 0 Å². The number of carbonyl (C=O) groups is 1. The van der Waals surface area contributed by atoms with Crippen LogP contribution in [-0.2, 0) is 11.3 Å². The molecule has 1 aliphatic rings. The molecule has 0 saturated heterocycles. The number of aryl methyl sites for hydroxylation is 1. The molecule has 0 aliphatic heterocycles. The van der Waals surface area contributed by atoms with Crippen LogP contribution in [0.4, 0.5) is 13.2 Å². The molecule has 1 fully saturated rings. The average molecular weight is 322 g/mol. The van der Waals surface area contributed by atoms with E-state index in [9.17, 15) is 22.8 Å². The van der Waals surface area contributed by atoms with E-state index in [1.807, 2.05) is 0 Å². The van der Waals surface area contributed by atoms with E-state index in [2.05, 4.69) is 5.32 Å². The fraction of sp³-hybridized carbons (Fsp3) is 0.692. The molecule has 1 N–H and O–H groups in total. The third-order valence-electron chi connectivity index (χ3n) is 3.78. The number of amides is 1. The lowest BCUT2D eigenvalue weighted by Crippen LogP contribution is -2.43. The summed E-state index contributed by atoms with van der Waals surface area (Å²) in [5, 5.41) is 4.27. The quantitative estimate of drug-likeness (QED) is 0.929. The van der Waals surface area contributed by atoms with Gasteiger partial charge < -0.3 is 5.32 Å². The number of alkyl halides is 3. The van der Waals surface area contributed by atoms with Gasteiger partial charge in [-0.3, -0.25) is 14.2 Å². The Morgan fingerprint density at radius 2 is 2.19 bits per heavy atom. The van der Waals surface area contributed by atoms with Crippen molar-refractivity contribution in [1.29, 1.82) is 0 Å². The zero-order valence-electron chi connectivity index (χ0n) is 11.6. The molecule has 2 unspecified atom stereocenters. The minimum Gasteiger partial charge on any atom is -0.352 e. The van der Waals surface area contributed by atoms with Crippen LogP contribution in [0.1, 0.15) is 31.4 Å². The second kappa shape index (κ2) is 6.21. The topological polar surface area (TPSA) is 51.1 Å². The number of nitrogens with zero attached hydrogens (tertiary/aromatic N) is 1. The van der Waals surface area contributed by atoms with Crippen molar-refractivity contribution in [2.75, 3.05) is 0 Å². The van der Waals surface area contributed by atoms with Crippen molar-refractivity contribution in [2.45, 2.75) is 51.4 Å². The van der Waals surface area contributed by atoms with Crippen molar-refractivity contribution in [3.63, 3.8) is 0 Å². The third-order valence-corrected chi connectivity index (χ3v) is 4.66. The summed E-state index contributed by atoms with van der Waals surface area (Å²) in [6, 6.07) is -0.465. The van der Waals surface area contributed by atoms with Crippen LogP contribution in [-0.4, -0.2) is 22.7 Å². The summed E-state index contributed by atoms with van der Waals surface area (Å²) in [5.74, 6) is -1.76. The van der Waals surface area contributed by atoms with Crippen LogP contribution in [0.15, 0.2) is 10.2 Å². The molecule has 0 aromatic carbocycles. The number of halogens is 3. The Labute approximate surface area is 124 Å². The lowest BCUT2D eigenvalue weighted by molar-refractivity contribution is -0.184. The van der Waals surface area contributed by atoms with Gasteiger partial charge in [0.2, 0.25) is 5.91 Å². The van der Waals surface area contributed by atoms with Crippen molar-refractivity contribution >= 4 is 17.2 Å². The van der Waals surface area contributed by atoms with E-state index in [4.69, 9.17) is 0 Å². The Bertz CT molecular complexity index is 564. The van der Waals surface area contributed by atoms with E-state index in [0.717, 1.165) is 11.3 Å². The van der Waals surface area contributed by atoms with Crippen molar-refractivity contribution in [1.82, 2.24) is 9.88 Å². The van der Waals surface area contributed by atoms with E-state index < -0.39 is 24.0 Å². The lowest BCUT2D eigenvalue weighted by atomic mass is 9.85. The number of aromatic nitrogens is 1. The van der Waals surface area contributed by atoms with Gasteiger partial charge in [0, 0.05) is 17.1 Å². The Hall–Kier alpha value is -1.31. The summed E-state index contributed by atoms with van der Waals surface area (Å²) in [5.41, 5.74) is 0.678. The van der Waals surface area contributed by atoms with Crippen LogP contribution < -0.4 is 10.2 Å². The number of rotatable bonds is 3. The molecule has 1 amide bonds. The highest BCUT2D eigenvalue weighted by Crippen LogP contribution is 2.37. The van der Waals surface area contributed by atoms with Crippen LogP contribution in [0.5, 0.6) is 0 Å². The largest absolute Gasteiger partial charge is 0.391 e. The van der Waals surface area contributed by atoms with Gasteiger partial charge in [-0.15, -0.1) is 0 Å². The highest BCUT2D eigenvalue weighted by atomic mass is 32.1. The maximum atomic E-state index is 12.7. The summed E-state index contributed by atoms with van der Waals surface area (Å²) in [7, 11) is 0. The molecule has 1 aromatic rings. The van der Waals surface area contributed by atoms with Crippen molar-refractivity contribution in [2.24, 2.45) is 5.92 Å². The van der Waals surface area contributed by atoms with Crippen molar-refractivity contribution in [3.05, 3.63) is 20.7 Å². The van der Waals surface area contributed by atoms with Gasteiger partial charge >= 0.3 is 11.0 Å². The average Bonchev–Trinajstić information content (AvgIpc) is 2.70. The normalized spacial score (nSPS) is 23.0. The summed E-state index contributed by atoms with van der Waals surface area (Å²) in [4.78, 5) is 23.2. The van der Waals surface area contributed by atoms with E-state index in [1.54, 1.807) is 12.3 Å². The third kappa shape index (κ3) is 4.09. The molecule has 118 valence electrons. The molecule has 1 saturated carbocycles. The lowest BCUT2D eigenvalue weighted by Gasteiger charge is -2.31. The molecule has 8 heteroatoms. The van der Waals surface area contributed by atoms with Crippen LogP contribution in [0.25, 0.3) is 0 Å². The molecule has 0 radical (unpaired) electrons. The van der Waals surface area contributed by atoms with Crippen LogP contribution in [0, 0.1) is 12.8 Å². The smallest absolute Gasteiger partial charge is 0.352 e. The number of hydrogen-bond acceptors (Lipinski definition) is 3. The monoisotopic (exact) mass is 322 g/mol. The summed E-state index contributed by atoms with van der Waals surface area (Å²) in [6.07, 6.45) is -3.15. The predicted octanol–water partition coefficient (Wildman–Crippen LogP) is 2.46. The minimum atomic E-state index is -4.20. The van der Waals surface area contributed by atoms with Crippen LogP contribution >= 0.6 is 11.3 Å². The molecule has 1 aromatic heterocycles. The van der Waals surface area contributed by atoms with Crippen molar-refractivity contribution in [3.8, 4) is 0 Å². The molecule has 1 heterocycles. The number of carbonyl (C=O) groups excluding carboxylic acids is 1. The first kappa shape index (κ1) is 16.1. The summed E-state index contributed by atoms with van der Waals surface area (Å²) >= 11 is 1.00. The molecule has 21 heavy (non-hydrogen) atoms. The zero-order chi connectivity index (χ0) is 15.6. The van der Waals surface area contributed by atoms with Gasteiger partial charge in [-0.1, -0.05) is 17.8 Å². The first-order chi connectivity index (χ1) is 9.77. The van der Waals surface area contributed by atoms with Crippen molar-refractivity contribution < 1.29 is 18.0 Å². The number of thiazole rings is 1. The van der Waals surface area contributed by atoms with E-state index in [-0.39, 0.29) is 24.3 Å². The molecule has 1 aliphatic carbocycles. The van der Waals surface area contributed by atoms with E-state index in [1.165, 1.54) is 4.57 Å². The number of hydrogen-bond donors (Lipinski definition) is 1. The van der Waals surface area contributed by atoms with Gasteiger partial charge in [0.1, 0.15) is 6.54 Å². The highest BCUT2D eigenvalue weighted by Gasteiger charge is 2.42. The molecular weight excluding hydrogens is 305 g/mol. The molecular formula is C13H17F3N2O2S. The molecule has 2 atom stereocenters. The summed E-state index contributed by atoms with van der Waals surface area (Å²) in [6.45, 7) is 1.58. The van der Waals surface area contributed by atoms with Gasteiger partial charge in [-0.25, -0.2) is 0 Å². The SMILES string of the molecule is Cc1csc(=O)n1CC(=O)NC1CCCC(C(F)(F)F)C1. The summed E-state index contributed by atoms with van der Waals surface area (Å²) < 4.78 is 39.4. The fourth-order valence-corrected chi connectivity index (χ4v) is 3.37. The zero-order valence-corrected chi connectivity index (χ0v) is 12.4. The van der Waals surface area contributed by atoms with Crippen LogP contribution in [0.3, 0.4) is 0 Å². The Morgan fingerprint density at radius 3 is 2.76 bits per heavy atom. The van der Waals surface area contributed by atoms with E-state index >= 15 is 0 Å². The Kier molecular flexibility index (Phi) is 4.75. The second-order valence-electron chi connectivity index (χ2n) is 5.40. The minimum absolute atomic E-state index is 0.0766. The molecule has 0 bridgehead atoms. The van der Waals surface area contributed by atoms with Gasteiger partial charge in [-0.05, 0) is 26.2 Å². The number of nitrogens with one attached hydrogen (secondary N) is 1. The first-order valence-corrected chi connectivity index (χ1v) is 7.66. The molecule has 2 rings (SSSR count). The van der Waals surface area contributed by atoms with Gasteiger partial charge in [0.05, 0.1) is 5.92 Å². The Balaban J connectivity index is 1.92. The maximum absolute atomic E-state index is 12.7. The van der Waals surface area contributed by atoms with Crippen LogP contribution in [0.2, 0.25) is 0 Å². The highest BCUT2D eigenvalue weighted by molar-refractivity contribution is 7.07. The first-order valence-electron chi connectivity index (χ1n) is 6.78. The molecule has 0 spiro atoms. The predicted molar refractivity (Wildman–Crippen MR) is 73.3 cm³/mol. The van der Waals surface area contributed by atoms with E-state index in [0.29, 0.717) is 18.5 Å². The second-order valence-corrected chi connectivity index (χ2v) is 6.22. The fourth-order valence-electron chi connectivity index (χ4n) is 2.63. The van der Waals surface area contributed by atoms with Gasteiger partial charge in [-0.2, -0.15) is 13.2 Å². The Morgan fingerprint density at radius 1 is 1.48 bits per heavy atom. The molecule has 4 nitrogen and oxygen atoms in total.